The molecule has 1 saturated heterocycles. The predicted octanol–water partition coefficient (Wildman–Crippen LogP) is 2.19. The Bertz CT molecular complexity index is 550. The molecule has 0 radical (unpaired) electrons. The number of ether oxygens (including phenoxy) is 3. The van der Waals surface area contributed by atoms with Gasteiger partial charge in [0, 0.05) is 25.4 Å². The van der Waals surface area contributed by atoms with Crippen LogP contribution in [0.25, 0.3) is 0 Å². The van der Waals surface area contributed by atoms with Crippen molar-refractivity contribution >= 4 is 5.91 Å². The van der Waals surface area contributed by atoms with Crippen LogP contribution in [0.3, 0.4) is 0 Å². The summed E-state index contributed by atoms with van der Waals surface area (Å²) >= 11 is 0. The molecular weight excluding hydrogens is 332 g/mol. The van der Waals surface area contributed by atoms with Crippen molar-refractivity contribution in [2.45, 2.75) is 43.9 Å². The molecule has 26 heavy (non-hydrogen) atoms. The van der Waals surface area contributed by atoms with Gasteiger partial charge in [-0.15, -0.1) is 0 Å². The van der Waals surface area contributed by atoms with Gasteiger partial charge in [-0.2, -0.15) is 0 Å². The molecular formula is C20H30N2O4. The average Bonchev–Trinajstić information content (AvgIpc) is 3.10. The zero-order chi connectivity index (χ0) is 18.2. The molecule has 3 rings (SSSR count). The van der Waals surface area contributed by atoms with Crippen molar-refractivity contribution in [1.29, 1.82) is 0 Å². The maximum absolute atomic E-state index is 12.2. The number of benzene rings is 1. The first kappa shape index (κ1) is 19.1. The van der Waals surface area contributed by atoms with Crippen molar-refractivity contribution in [3.05, 3.63) is 30.3 Å². The van der Waals surface area contributed by atoms with Crippen molar-refractivity contribution in [2.24, 2.45) is 0 Å². The summed E-state index contributed by atoms with van der Waals surface area (Å²) in [5.41, 5.74) is 0. The van der Waals surface area contributed by atoms with Crippen molar-refractivity contribution in [3.8, 4) is 5.75 Å². The van der Waals surface area contributed by atoms with Crippen LogP contribution in [0.5, 0.6) is 5.75 Å². The molecule has 1 N–H and O–H groups in total. The molecule has 6 nitrogen and oxygen atoms in total. The highest BCUT2D eigenvalue weighted by Gasteiger charge is 2.40. The van der Waals surface area contributed by atoms with E-state index in [1.54, 1.807) is 0 Å². The fourth-order valence-corrected chi connectivity index (χ4v) is 3.63. The average molecular weight is 362 g/mol. The van der Waals surface area contributed by atoms with Crippen LogP contribution >= 0.6 is 0 Å². The number of rotatable bonds is 8. The first-order valence-electron chi connectivity index (χ1n) is 9.59. The van der Waals surface area contributed by atoms with E-state index in [1.807, 2.05) is 42.3 Å². The minimum absolute atomic E-state index is 0.0886. The highest BCUT2D eigenvalue weighted by Crippen LogP contribution is 2.35. The molecule has 0 bridgehead atoms. The number of carbonyl (C=O) groups excluding carboxylic acids is 1. The lowest BCUT2D eigenvalue weighted by Gasteiger charge is -2.35. The molecule has 0 atom stereocenters. The topological polar surface area (TPSA) is 60.0 Å². The summed E-state index contributed by atoms with van der Waals surface area (Å²) in [6.45, 7) is 3.28. The van der Waals surface area contributed by atoms with Crippen LogP contribution in [0, 0.1) is 0 Å². The summed E-state index contributed by atoms with van der Waals surface area (Å²) in [5.74, 6) is 0.611. The molecule has 0 unspecified atom stereocenters. The van der Waals surface area contributed by atoms with Gasteiger partial charge < -0.3 is 19.5 Å². The number of nitrogens with one attached hydrogen (secondary N) is 1. The van der Waals surface area contributed by atoms with Gasteiger partial charge in [-0.25, -0.2) is 0 Å². The van der Waals surface area contributed by atoms with E-state index in [1.165, 1.54) is 0 Å². The number of likely N-dealkylation sites (N-methyl/N-ethyl adjacent to an activating group) is 1. The van der Waals surface area contributed by atoms with E-state index < -0.39 is 0 Å². The highest BCUT2D eigenvalue weighted by molar-refractivity contribution is 5.78. The van der Waals surface area contributed by atoms with Gasteiger partial charge in [0.25, 0.3) is 0 Å². The Balaban J connectivity index is 1.27. The second kappa shape index (κ2) is 9.35. The normalized spacial score (nSPS) is 19.8. The Morgan fingerprint density at radius 3 is 2.62 bits per heavy atom. The molecule has 1 aliphatic carbocycles. The molecule has 1 heterocycles. The van der Waals surface area contributed by atoms with Crippen molar-refractivity contribution in [2.75, 3.05) is 40.0 Å². The van der Waals surface area contributed by atoms with Crippen LogP contribution in [-0.2, 0) is 14.3 Å². The van der Waals surface area contributed by atoms with E-state index in [4.69, 9.17) is 14.2 Å². The number of amides is 1. The summed E-state index contributed by atoms with van der Waals surface area (Å²) in [6, 6.07) is 10.0. The fraction of sp³-hybridized carbons (Fsp3) is 0.650. The standard InChI is InChI=1S/C20H30N2O4/c1-22(12-5-13-24-18-6-3-2-4-7-18)16-19(23)21-17-8-10-20(11-9-17)25-14-15-26-20/h2-4,6-7,17H,5,8-16H2,1H3,(H,21,23). The molecule has 6 heteroatoms. The van der Waals surface area contributed by atoms with E-state index in [0.29, 0.717) is 26.4 Å². The highest BCUT2D eigenvalue weighted by atomic mass is 16.7. The summed E-state index contributed by atoms with van der Waals surface area (Å²) < 4.78 is 17.1. The second-order valence-corrected chi connectivity index (χ2v) is 7.20. The molecule has 1 aromatic rings. The summed E-state index contributed by atoms with van der Waals surface area (Å²) in [6.07, 6.45) is 4.45. The van der Waals surface area contributed by atoms with Gasteiger partial charge in [-0.05, 0) is 38.4 Å². The van der Waals surface area contributed by atoms with E-state index in [-0.39, 0.29) is 17.7 Å². The molecule has 1 saturated carbocycles. The molecule has 0 aromatic heterocycles. The van der Waals surface area contributed by atoms with Gasteiger partial charge >= 0.3 is 0 Å². The van der Waals surface area contributed by atoms with Gasteiger partial charge in [0.1, 0.15) is 5.75 Å². The van der Waals surface area contributed by atoms with Crippen molar-refractivity contribution < 1.29 is 19.0 Å². The number of nitrogens with zero attached hydrogens (tertiary/aromatic N) is 1. The molecule has 2 aliphatic rings. The third-order valence-corrected chi connectivity index (χ3v) is 5.04. The van der Waals surface area contributed by atoms with Crippen molar-refractivity contribution in [3.63, 3.8) is 0 Å². The van der Waals surface area contributed by atoms with Gasteiger partial charge in [0.15, 0.2) is 5.79 Å². The molecule has 1 aliphatic heterocycles. The van der Waals surface area contributed by atoms with Crippen LogP contribution in [0.1, 0.15) is 32.1 Å². The second-order valence-electron chi connectivity index (χ2n) is 7.20. The summed E-state index contributed by atoms with van der Waals surface area (Å²) in [4.78, 5) is 14.3. The molecule has 1 aromatic carbocycles. The number of para-hydroxylation sites is 1. The summed E-state index contributed by atoms with van der Waals surface area (Å²) in [5, 5.41) is 3.15. The minimum atomic E-state index is -0.364. The largest absolute Gasteiger partial charge is 0.494 e. The predicted molar refractivity (Wildman–Crippen MR) is 99.1 cm³/mol. The maximum Gasteiger partial charge on any atom is 0.234 e. The number of hydrogen-bond acceptors (Lipinski definition) is 5. The third-order valence-electron chi connectivity index (χ3n) is 5.04. The third kappa shape index (κ3) is 5.69. The Morgan fingerprint density at radius 2 is 1.92 bits per heavy atom. The van der Waals surface area contributed by atoms with Gasteiger partial charge in [-0.1, -0.05) is 18.2 Å². The lowest BCUT2D eigenvalue weighted by molar-refractivity contribution is -0.180. The molecule has 2 fully saturated rings. The lowest BCUT2D eigenvalue weighted by Crippen LogP contribution is -2.46. The number of hydrogen-bond donors (Lipinski definition) is 1. The monoisotopic (exact) mass is 362 g/mol. The van der Waals surface area contributed by atoms with E-state index >= 15 is 0 Å². The zero-order valence-electron chi connectivity index (χ0n) is 15.6. The van der Waals surface area contributed by atoms with E-state index in [0.717, 1.165) is 44.4 Å². The number of carbonyl (C=O) groups is 1. The Kier molecular flexibility index (Phi) is 6.88. The first-order chi connectivity index (χ1) is 12.7. The maximum atomic E-state index is 12.2. The van der Waals surface area contributed by atoms with Gasteiger partial charge in [-0.3, -0.25) is 9.69 Å². The SMILES string of the molecule is CN(CCCOc1ccccc1)CC(=O)NC1CCC2(CC1)OCCO2. The Morgan fingerprint density at radius 1 is 1.23 bits per heavy atom. The summed E-state index contributed by atoms with van der Waals surface area (Å²) in [7, 11) is 1.97. The van der Waals surface area contributed by atoms with Gasteiger partial charge in [0.05, 0.1) is 26.4 Å². The van der Waals surface area contributed by atoms with Crippen LogP contribution in [-0.4, -0.2) is 62.6 Å². The van der Waals surface area contributed by atoms with Crippen molar-refractivity contribution in [1.82, 2.24) is 10.2 Å². The zero-order valence-corrected chi connectivity index (χ0v) is 15.6. The molecule has 1 spiro atoms. The van der Waals surface area contributed by atoms with Gasteiger partial charge in [0.2, 0.25) is 5.91 Å². The van der Waals surface area contributed by atoms with Crippen LogP contribution < -0.4 is 10.1 Å². The minimum Gasteiger partial charge on any atom is -0.494 e. The van der Waals surface area contributed by atoms with Crippen LogP contribution in [0.4, 0.5) is 0 Å². The molecule has 144 valence electrons. The van der Waals surface area contributed by atoms with Crippen LogP contribution in [0.2, 0.25) is 0 Å². The fourth-order valence-electron chi connectivity index (χ4n) is 3.63. The molecule has 1 amide bonds. The first-order valence-corrected chi connectivity index (χ1v) is 9.59. The smallest absolute Gasteiger partial charge is 0.234 e. The quantitative estimate of drug-likeness (QED) is 0.719. The Hall–Kier alpha value is -1.63. The van der Waals surface area contributed by atoms with Crippen LogP contribution in [0.15, 0.2) is 30.3 Å². The van der Waals surface area contributed by atoms with E-state index in [2.05, 4.69) is 5.32 Å². The lowest BCUT2D eigenvalue weighted by atomic mass is 9.90. The van der Waals surface area contributed by atoms with E-state index in [9.17, 15) is 4.79 Å². The Labute approximate surface area is 155 Å².